The van der Waals surface area contributed by atoms with Crippen molar-refractivity contribution in [1.82, 2.24) is 5.32 Å². The standard InChI is InChI=1S/C16H23N3O2/c1-11-7-9-13(10-8-11)16(20)18-14(15(17)19-21)12-5-3-2-4-6-12/h7-10,12,14,21H,2-6H2,1H3,(H2,17,19)(H,18,20). The molecular weight excluding hydrogens is 266 g/mol. The number of oxime groups is 1. The van der Waals surface area contributed by atoms with Crippen LogP contribution in [0, 0.1) is 12.8 Å². The van der Waals surface area contributed by atoms with E-state index in [0.29, 0.717) is 5.56 Å². The Kier molecular flexibility index (Phi) is 5.20. The predicted molar refractivity (Wildman–Crippen MR) is 82.4 cm³/mol. The molecule has 1 fully saturated rings. The Morgan fingerprint density at radius 3 is 2.48 bits per heavy atom. The summed E-state index contributed by atoms with van der Waals surface area (Å²) in [5.74, 6) is 0.142. The van der Waals surface area contributed by atoms with Gasteiger partial charge in [0, 0.05) is 5.56 Å². The first-order valence-electron chi connectivity index (χ1n) is 7.46. The zero-order chi connectivity index (χ0) is 15.2. The zero-order valence-corrected chi connectivity index (χ0v) is 12.4. The van der Waals surface area contributed by atoms with Crippen LogP contribution in [0.3, 0.4) is 0 Å². The molecule has 21 heavy (non-hydrogen) atoms. The van der Waals surface area contributed by atoms with Gasteiger partial charge in [0.25, 0.3) is 5.91 Å². The fourth-order valence-corrected chi connectivity index (χ4v) is 2.89. The first-order chi connectivity index (χ1) is 10.1. The van der Waals surface area contributed by atoms with Crippen molar-refractivity contribution in [1.29, 1.82) is 0 Å². The van der Waals surface area contributed by atoms with Gasteiger partial charge in [-0.2, -0.15) is 0 Å². The molecule has 0 spiro atoms. The summed E-state index contributed by atoms with van der Waals surface area (Å²) in [5, 5.41) is 15.0. The molecule has 5 heteroatoms. The van der Waals surface area contributed by atoms with Gasteiger partial charge in [-0.1, -0.05) is 42.1 Å². The number of benzene rings is 1. The van der Waals surface area contributed by atoms with Gasteiger partial charge < -0.3 is 16.3 Å². The van der Waals surface area contributed by atoms with Gasteiger partial charge >= 0.3 is 0 Å². The van der Waals surface area contributed by atoms with Crippen LogP contribution in [0.25, 0.3) is 0 Å². The van der Waals surface area contributed by atoms with Crippen molar-refractivity contribution in [3.8, 4) is 0 Å². The van der Waals surface area contributed by atoms with Gasteiger partial charge in [0.2, 0.25) is 0 Å². The third-order valence-corrected chi connectivity index (χ3v) is 4.16. The number of amides is 1. The molecule has 1 amide bonds. The number of aryl methyl sites for hydroxylation is 1. The summed E-state index contributed by atoms with van der Waals surface area (Å²) < 4.78 is 0. The highest BCUT2D eigenvalue weighted by molar-refractivity contribution is 5.98. The maximum atomic E-state index is 12.3. The smallest absolute Gasteiger partial charge is 0.251 e. The molecule has 2 rings (SSSR count). The van der Waals surface area contributed by atoms with Crippen molar-refractivity contribution < 1.29 is 10.0 Å². The van der Waals surface area contributed by atoms with E-state index in [2.05, 4.69) is 10.5 Å². The van der Waals surface area contributed by atoms with E-state index in [1.54, 1.807) is 12.1 Å². The number of nitrogens with one attached hydrogen (secondary N) is 1. The summed E-state index contributed by atoms with van der Waals surface area (Å²) in [4.78, 5) is 12.3. The van der Waals surface area contributed by atoms with Crippen LogP contribution in [0.15, 0.2) is 29.4 Å². The lowest BCUT2D eigenvalue weighted by Gasteiger charge is -2.30. The molecular formula is C16H23N3O2. The highest BCUT2D eigenvalue weighted by Gasteiger charge is 2.28. The van der Waals surface area contributed by atoms with Gasteiger partial charge in [-0.3, -0.25) is 4.79 Å². The summed E-state index contributed by atoms with van der Waals surface area (Å²) in [5.41, 5.74) is 7.48. The normalized spacial score (nSPS) is 18.2. The van der Waals surface area contributed by atoms with Crippen molar-refractivity contribution >= 4 is 11.7 Å². The Bertz CT molecular complexity index is 505. The topological polar surface area (TPSA) is 87.7 Å². The fraction of sp³-hybridized carbons (Fsp3) is 0.500. The van der Waals surface area contributed by atoms with Crippen LogP contribution in [0.4, 0.5) is 0 Å². The molecule has 5 nitrogen and oxygen atoms in total. The number of nitrogens with zero attached hydrogens (tertiary/aromatic N) is 1. The van der Waals surface area contributed by atoms with Crippen molar-refractivity contribution in [2.45, 2.75) is 45.1 Å². The lowest BCUT2D eigenvalue weighted by Crippen LogP contribution is -2.49. The van der Waals surface area contributed by atoms with Gasteiger partial charge in [0.05, 0.1) is 6.04 Å². The maximum absolute atomic E-state index is 12.3. The number of nitrogens with two attached hydrogens (primary N) is 1. The summed E-state index contributed by atoms with van der Waals surface area (Å²) in [6.45, 7) is 1.98. The van der Waals surface area contributed by atoms with E-state index in [1.165, 1.54) is 6.42 Å². The van der Waals surface area contributed by atoms with Crippen LogP contribution in [0.2, 0.25) is 0 Å². The molecule has 1 unspecified atom stereocenters. The first kappa shape index (κ1) is 15.4. The van der Waals surface area contributed by atoms with Crippen LogP contribution < -0.4 is 11.1 Å². The highest BCUT2D eigenvalue weighted by atomic mass is 16.4. The number of rotatable bonds is 4. The second-order valence-electron chi connectivity index (χ2n) is 5.74. The van der Waals surface area contributed by atoms with E-state index in [1.807, 2.05) is 19.1 Å². The van der Waals surface area contributed by atoms with Crippen LogP contribution in [-0.4, -0.2) is 23.0 Å². The van der Waals surface area contributed by atoms with Gasteiger partial charge in [0.1, 0.15) is 0 Å². The molecule has 1 aromatic rings. The first-order valence-corrected chi connectivity index (χ1v) is 7.46. The van der Waals surface area contributed by atoms with Crippen LogP contribution >= 0.6 is 0 Å². The number of carbonyl (C=O) groups is 1. The quantitative estimate of drug-likeness (QED) is 0.344. The third-order valence-electron chi connectivity index (χ3n) is 4.16. The predicted octanol–water partition coefficient (Wildman–Crippen LogP) is 2.42. The van der Waals surface area contributed by atoms with Crippen molar-refractivity contribution in [3.63, 3.8) is 0 Å². The van der Waals surface area contributed by atoms with Crippen LogP contribution in [0.5, 0.6) is 0 Å². The third kappa shape index (κ3) is 3.97. The van der Waals surface area contributed by atoms with E-state index in [-0.39, 0.29) is 17.7 Å². The van der Waals surface area contributed by atoms with E-state index < -0.39 is 6.04 Å². The van der Waals surface area contributed by atoms with Crippen molar-refractivity contribution in [3.05, 3.63) is 35.4 Å². The summed E-state index contributed by atoms with van der Waals surface area (Å²) in [7, 11) is 0. The lowest BCUT2D eigenvalue weighted by atomic mass is 9.83. The van der Waals surface area contributed by atoms with Gasteiger partial charge in [0.15, 0.2) is 5.84 Å². The van der Waals surface area contributed by atoms with E-state index in [9.17, 15) is 4.79 Å². The SMILES string of the molecule is Cc1ccc(C(=O)NC(/C(N)=N/O)C2CCCCC2)cc1. The second-order valence-corrected chi connectivity index (χ2v) is 5.74. The molecule has 0 heterocycles. The number of hydrogen-bond donors (Lipinski definition) is 3. The Balaban J connectivity index is 2.10. The molecule has 114 valence electrons. The van der Waals surface area contributed by atoms with E-state index in [4.69, 9.17) is 10.9 Å². The Hall–Kier alpha value is -2.04. The van der Waals surface area contributed by atoms with Crippen LogP contribution in [-0.2, 0) is 0 Å². The summed E-state index contributed by atoms with van der Waals surface area (Å²) >= 11 is 0. The van der Waals surface area contributed by atoms with E-state index >= 15 is 0 Å². The van der Waals surface area contributed by atoms with Gasteiger partial charge in [-0.25, -0.2) is 0 Å². The zero-order valence-electron chi connectivity index (χ0n) is 12.4. The van der Waals surface area contributed by atoms with Crippen molar-refractivity contribution in [2.75, 3.05) is 0 Å². The molecule has 0 bridgehead atoms. The molecule has 1 saturated carbocycles. The molecule has 0 aliphatic heterocycles. The molecule has 4 N–H and O–H groups in total. The molecule has 0 saturated heterocycles. The molecule has 1 aliphatic carbocycles. The average Bonchev–Trinajstić information content (AvgIpc) is 2.53. The largest absolute Gasteiger partial charge is 0.409 e. The molecule has 0 aromatic heterocycles. The fourth-order valence-electron chi connectivity index (χ4n) is 2.89. The van der Waals surface area contributed by atoms with Crippen LogP contribution in [0.1, 0.15) is 48.0 Å². The second kappa shape index (κ2) is 7.11. The van der Waals surface area contributed by atoms with Gasteiger partial charge in [-0.15, -0.1) is 0 Å². The monoisotopic (exact) mass is 289 g/mol. The minimum Gasteiger partial charge on any atom is -0.409 e. The Morgan fingerprint density at radius 1 is 1.29 bits per heavy atom. The summed E-state index contributed by atoms with van der Waals surface area (Å²) in [6, 6.07) is 6.97. The number of hydrogen-bond acceptors (Lipinski definition) is 3. The maximum Gasteiger partial charge on any atom is 0.251 e. The molecule has 0 radical (unpaired) electrons. The molecule has 1 atom stereocenters. The van der Waals surface area contributed by atoms with Gasteiger partial charge in [-0.05, 0) is 37.8 Å². The molecule has 1 aliphatic rings. The Morgan fingerprint density at radius 2 is 1.90 bits per heavy atom. The minimum absolute atomic E-state index is 0.0855. The molecule has 1 aromatic carbocycles. The Labute approximate surface area is 125 Å². The lowest BCUT2D eigenvalue weighted by molar-refractivity contribution is 0.0930. The average molecular weight is 289 g/mol. The summed E-state index contributed by atoms with van der Waals surface area (Å²) in [6.07, 6.45) is 5.45. The highest BCUT2D eigenvalue weighted by Crippen LogP contribution is 2.26. The number of amidine groups is 1. The minimum atomic E-state index is -0.399. The van der Waals surface area contributed by atoms with Crippen molar-refractivity contribution in [2.24, 2.45) is 16.8 Å². The van der Waals surface area contributed by atoms with E-state index in [0.717, 1.165) is 31.2 Å². The number of carbonyl (C=O) groups excluding carboxylic acids is 1.